The summed E-state index contributed by atoms with van der Waals surface area (Å²) in [6.45, 7) is 0.579. The Hall–Kier alpha value is -1.31. The third-order valence-corrected chi connectivity index (χ3v) is 5.87. The van der Waals surface area contributed by atoms with Crippen LogP contribution in [0.2, 0.25) is 15.1 Å². The Morgan fingerprint density at radius 3 is 2.33 bits per heavy atom. The van der Waals surface area contributed by atoms with E-state index in [9.17, 15) is 4.79 Å². The molecule has 9 heteroatoms. The molecule has 0 bridgehead atoms. The number of thioether (sulfide) groups is 1. The highest BCUT2D eigenvalue weighted by molar-refractivity contribution is 7.99. The molecule has 5 nitrogen and oxygen atoms in total. The van der Waals surface area contributed by atoms with Crippen molar-refractivity contribution in [3.63, 3.8) is 0 Å². The number of benzene rings is 2. The molecule has 0 saturated carbocycles. The van der Waals surface area contributed by atoms with Crippen molar-refractivity contribution in [1.82, 2.24) is 5.32 Å². The van der Waals surface area contributed by atoms with Gasteiger partial charge < -0.3 is 14.6 Å². The second-order valence-corrected chi connectivity index (χ2v) is 8.12. The van der Waals surface area contributed by atoms with Crippen LogP contribution >= 0.6 is 46.6 Å². The van der Waals surface area contributed by atoms with Crippen LogP contribution in [-0.2, 0) is 4.79 Å². The van der Waals surface area contributed by atoms with E-state index in [1.165, 1.54) is 0 Å². The van der Waals surface area contributed by atoms with Gasteiger partial charge in [-0.05, 0) is 29.8 Å². The fourth-order valence-electron chi connectivity index (χ4n) is 2.52. The molecule has 27 heavy (non-hydrogen) atoms. The molecule has 0 spiro atoms. The van der Waals surface area contributed by atoms with Gasteiger partial charge in [-0.2, -0.15) is 0 Å². The number of carboxylic acids is 1. The zero-order chi connectivity index (χ0) is 19.4. The molecule has 3 rings (SSSR count). The van der Waals surface area contributed by atoms with Gasteiger partial charge in [0.1, 0.15) is 25.0 Å². The van der Waals surface area contributed by atoms with E-state index in [0.717, 1.165) is 5.56 Å². The van der Waals surface area contributed by atoms with Crippen LogP contribution in [0.1, 0.15) is 10.9 Å². The van der Waals surface area contributed by atoms with E-state index in [0.29, 0.717) is 38.9 Å². The van der Waals surface area contributed by atoms with E-state index < -0.39 is 12.0 Å². The van der Waals surface area contributed by atoms with Crippen LogP contribution in [0, 0.1) is 0 Å². The van der Waals surface area contributed by atoms with Crippen LogP contribution in [0.25, 0.3) is 0 Å². The Bertz CT molecular complexity index is 796. The SMILES string of the molecule is O=C(O)C1CSC(c2ccc(OCCOc3c(Cl)cc(Cl)cc3Cl)cc2)N1. The maximum Gasteiger partial charge on any atom is 0.321 e. The van der Waals surface area contributed by atoms with E-state index in [4.69, 9.17) is 49.4 Å². The summed E-state index contributed by atoms with van der Waals surface area (Å²) in [6.07, 6.45) is 0. The lowest BCUT2D eigenvalue weighted by molar-refractivity contribution is -0.138. The number of hydrogen-bond acceptors (Lipinski definition) is 5. The van der Waals surface area contributed by atoms with E-state index >= 15 is 0 Å². The zero-order valence-corrected chi connectivity index (χ0v) is 17.0. The molecule has 1 heterocycles. The average Bonchev–Trinajstić information content (AvgIpc) is 3.11. The van der Waals surface area contributed by atoms with Crippen molar-refractivity contribution in [2.75, 3.05) is 19.0 Å². The van der Waals surface area contributed by atoms with Gasteiger partial charge in [0.15, 0.2) is 5.75 Å². The third kappa shape index (κ3) is 5.36. The van der Waals surface area contributed by atoms with Crippen molar-refractivity contribution in [2.24, 2.45) is 0 Å². The number of halogens is 3. The summed E-state index contributed by atoms with van der Waals surface area (Å²) in [7, 11) is 0. The van der Waals surface area contributed by atoms with Crippen LogP contribution < -0.4 is 14.8 Å². The van der Waals surface area contributed by atoms with Crippen molar-refractivity contribution in [3.05, 3.63) is 57.0 Å². The van der Waals surface area contributed by atoms with Crippen LogP contribution in [0.4, 0.5) is 0 Å². The maximum atomic E-state index is 11.0. The lowest BCUT2D eigenvalue weighted by Crippen LogP contribution is -2.33. The van der Waals surface area contributed by atoms with Crippen LogP contribution in [-0.4, -0.2) is 36.1 Å². The van der Waals surface area contributed by atoms with Gasteiger partial charge in [0.05, 0.1) is 15.4 Å². The quantitative estimate of drug-likeness (QED) is 0.588. The Balaban J connectivity index is 1.48. The van der Waals surface area contributed by atoms with Crippen LogP contribution in [0.5, 0.6) is 11.5 Å². The molecule has 1 aliphatic heterocycles. The van der Waals surface area contributed by atoms with Crippen LogP contribution in [0.3, 0.4) is 0 Å². The van der Waals surface area contributed by atoms with Gasteiger partial charge in [-0.15, -0.1) is 11.8 Å². The Morgan fingerprint density at radius 1 is 1.11 bits per heavy atom. The Kier molecular flexibility index (Phi) is 7.00. The lowest BCUT2D eigenvalue weighted by Gasteiger charge is -2.13. The summed E-state index contributed by atoms with van der Waals surface area (Å²) >= 11 is 19.6. The largest absolute Gasteiger partial charge is 0.490 e. The summed E-state index contributed by atoms with van der Waals surface area (Å²) in [4.78, 5) is 11.0. The number of carboxylic acid groups (broad SMARTS) is 1. The highest BCUT2D eigenvalue weighted by Crippen LogP contribution is 2.36. The minimum Gasteiger partial charge on any atom is -0.490 e. The van der Waals surface area contributed by atoms with Crippen molar-refractivity contribution in [1.29, 1.82) is 0 Å². The van der Waals surface area contributed by atoms with Crippen molar-refractivity contribution in [2.45, 2.75) is 11.4 Å². The van der Waals surface area contributed by atoms with Crippen molar-refractivity contribution in [3.8, 4) is 11.5 Å². The molecule has 1 saturated heterocycles. The van der Waals surface area contributed by atoms with Crippen molar-refractivity contribution < 1.29 is 19.4 Å². The van der Waals surface area contributed by atoms with Gasteiger partial charge >= 0.3 is 5.97 Å². The molecule has 0 aliphatic carbocycles. The van der Waals surface area contributed by atoms with Gasteiger partial charge in [-0.25, -0.2) is 0 Å². The van der Waals surface area contributed by atoms with Gasteiger partial charge in [0, 0.05) is 10.8 Å². The number of rotatable bonds is 7. The summed E-state index contributed by atoms with van der Waals surface area (Å²) in [5, 5.41) is 13.2. The number of aliphatic carboxylic acids is 1. The molecule has 0 radical (unpaired) electrons. The summed E-state index contributed by atoms with van der Waals surface area (Å²) in [5.41, 5.74) is 1.01. The topological polar surface area (TPSA) is 67.8 Å². The monoisotopic (exact) mass is 447 g/mol. The molecule has 1 fully saturated rings. The second-order valence-electron chi connectivity index (χ2n) is 5.74. The van der Waals surface area contributed by atoms with E-state index in [-0.39, 0.29) is 12.0 Å². The minimum absolute atomic E-state index is 0.0299. The Morgan fingerprint density at radius 2 is 1.74 bits per heavy atom. The van der Waals surface area contributed by atoms with Crippen molar-refractivity contribution >= 4 is 52.5 Å². The molecule has 2 unspecified atom stereocenters. The molecule has 2 aromatic carbocycles. The standard InChI is InChI=1S/C18H16Cl3NO4S/c19-11-7-13(20)16(14(21)8-11)26-6-5-25-12-3-1-10(2-4-12)17-22-15(9-27-17)18(23)24/h1-4,7-8,15,17,22H,5-6,9H2,(H,23,24). The van der Waals surface area contributed by atoms with E-state index in [1.54, 1.807) is 23.9 Å². The molecule has 1 aliphatic rings. The van der Waals surface area contributed by atoms with Crippen LogP contribution in [0.15, 0.2) is 36.4 Å². The average molecular weight is 449 g/mol. The number of hydrogen-bond donors (Lipinski definition) is 2. The fraction of sp³-hybridized carbons (Fsp3) is 0.278. The maximum absolute atomic E-state index is 11.0. The first-order valence-electron chi connectivity index (χ1n) is 8.04. The zero-order valence-electron chi connectivity index (χ0n) is 14.0. The molecule has 0 aromatic heterocycles. The highest BCUT2D eigenvalue weighted by atomic mass is 35.5. The van der Waals surface area contributed by atoms with Gasteiger partial charge in [-0.3, -0.25) is 10.1 Å². The summed E-state index contributed by atoms with van der Waals surface area (Å²) in [5.74, 6) is 0.782. The first-order valence-corrected chi connectivity index (χ1v) is 10.2. The highest BCUT2D eigenvalue weighted by Gasteiger charge is 2.30. The van der Waals surface area contributed by atoms with Gasteiger partial charge in [-0.1, -0.05) is 46.9 Å². The van der Waals surface area contributed by atoms with E-state index in [2.05, 4.69) is 5.32 Å². The molecule has 0 amide bonds. The third-order valence-electron chi connectivity index (χ3n) is 3.82. The van der Waals surface area contributed by atoms with Gasteiger partial charge in [0.25, 0.3) is 0 Å². The Labute approximate surface area is 175 Å². The first kappa shape index (κ1) is 20.4. The van der Waals surface area contributed by atoms with E-state index in [1.807, 2.05) is 24.3 Å². The lowest BCUT2D eigenvalue weighted by atomic mass is 10.2. The molecular weight excluding hydrogens is 433 g/mol. The number of nitrogens with one attached hydrogen (secondary N) is 1. The molecule has 2 atom stereocenters. The second kappa shape index (κ2) is 9.26. The molecular formula is C18H16Cl3NO4S. The predicted octanol–water partition coefficient (Wildman–Crippen LogP) is 4.89. The first-order chi connectivity index (χ1) is 12.9. The fourth-order valence-corrected chi connectivity index (χ4v) is 4.68. The smallest absolute Gasteiger partial charge is 0.321 e. The molecule has 2 N–H and O–H groups in total. The number of ether oxygens (including phenoxy) is 2. The van der Waals surface area contributed by atoms with Gasteiger partial charge in [0.2, 0.25) is 0 Å². The molecule has 2 aromatic rings. The minimum atomic E-state index is -0.828. The summed E-state index contributed by atoms with van der Waals surface area (Å²) in [6, 6.07) is 10.1. The normalized spacial score (nSPS) is 19.1. The summed E-state index contributed by atoms with van der Waals surface area (Å²) < 4.78 is 11.2. The predicted molar refractivity (Wildman–Crippen MR) is 109 cm³/mol. The molecule has 144 valence electrons. The number of carbonyl (C=O) groups is 1.